The molecule has 150 valence electrons. The second-order valence-corrected chi connectivity index (χ2v) is 7.35. The standard InChI is InChI=1S/C21H27FN4O2/c1-16(27)26(13-17-11-23-15-24-12-17)20-3-2-9-25(10-8-20)14-21(28)18-4-6-19(22)7-5-18/h4-7,11-12,15,20-21,28H,2-3,8-10,13-14H2,1H3/t20-,21+/m1/s1. The largest absolute Gasteiger partial charge is 0.387 e. The summed E-state index contributed by atoms with van der Waals surface area (Å²) >= 11 is 0. The third kappa shape index (κ3) is 5.56. The molecule has 7 heteroatoms. The van der Waals surface area contributed by atoms with Crippen LogP contribution in [-0.2, 0) is 11.3 Å². The second-order valence-electron chi connectivity index (χ2n) is 7.35. The number of benzene rings is 1. The zero-order chi connectivity index (χ0) is 19.9. The van der Waals surface area contributed by atoms with Crippen LogP contribution in [0.4, 0.5) is 4.39 Å². The first-order valence-corrected chi connectivity index (χ1v) is 9.70. The molecule has 6 nitrogen and oxygen atoms in total. The van der Waals surface area contributed by atoms with Crippen molar-refractivity contribution in [2.75, 3.05) is 19.6 Å². The van der Waals surface area contributed by atoms with Crippen LogP contribution >= 0.6 is 0 Å². The van der Waals surface area contributed by atoms with Gasteiger partial charge in [0.25, 0.3) is 0 Å². The van der Waals surface area contributed by atoms with Crippen molar-refractivity contribution in [1.29, 1.82) is 0 Å². The Morgan fingerprint density at radius 1 is 1.25 bits per heavy atom. The zero-order valence-corrected chi connectivity index (χ0v) is 16.2. The molecule has 1 aromatic heterocycles. The van der Waals surface area contributed by atoms with E-state index in [1.807, 2.05) is 4.90 Å². The predicted octanol–water partition coefficient (Wildman–Crippen LogP) is 2.55. The number of likely N-dealkylation sites (tertiary alicyclic amines) is 1. The Morgan fingerprint density at radius 2 is 1.96 bits per heavy atom. The third-order valence-electron chi connectivity index (χ3n) is 5.29. The molecule has 0 bridgehead atoms. The molecule has 1 aromatic carbocycles. The van der Waals surface area contributed by atoms with Crippen LogP contribution in [0.25, 0.3) is 0 Å². The number of aromatic nitrogens is 2. The van der Waals surface area contributed by atoms with Crippen LogP contribution < -0.4 is 0 Å². The van der Waals surface area contributed by atoms with Gasteiger partial charge in [0.2, 0.25) is 5.91 Å². The zero-order valence-electron chi connectivity index (χ0n) is 16.2. The Bertz CT molecular complexity index is 757. The molecule has 1 fully saturated rings. The SMILES string of the molecule is CC(=O)N(Cc1cncnc1)[C@@H]1CCCN(C[C@H](O)c2ccc(F)cc2)CC1. The topological polar surface area (TPSA) is 69.6 Å². The lowest BCUT2D eigenvalue weighted by atomic mass is 10.1. The lowest BCUT2D eigenvalue weighted by Crippen LogP contribution is -2.39. The molecule has 2 heterocycles. The number of aliphatic hydroxyl groups excluding tert-OH is 1. The van der Waals surface area contributed by atoms with Crippen LogP contribution in [0, 0.1) is 5.82 Å². The van der Waals surface area contributed by atoms with Gasteiger partial charge in [-0.2, -0.15) is 0 Å². The van der Waals surface area contributed by atoms with Crippen molar-refractivity contribution in [3.05, 3.63) is 59.9 Å². The van der Waals surface area contributed by atoms with E-state index in [0.717, 1.165) is 43.5 Å². The molecule has 0 radical (unpaired) electrons. The van der Waals surface area contributed by atoms with Crippen molar-refractivity contribution >= 4 is 5.91 Å². The van der Waals surface area contributed by atoms with E-state index in [1.165, 1.54) is 18.5 Å². The summed E-state index contributed by atoms with van der Waals surface area (Å²) in [4.78, 5) is 24.4. The van der Waals surface area contributed by atoms with Crippen LogP contribution in [0.3, 0.4) is 0 Å². The van der Waals surface area contributed by atoms with Gasteiger partial charge >= 0.3 is 0 Å². The van der Waals surface area contributed by atoms with Gasteiger partial charge in [0.05, 0.1) is 6.10 Å². The molecule has 1 aliphatic rings. The van der Waals surface area contributed by atoms with E-state index >= 15 is 0 Å². The second kappa shape index (κ2) is 9.71. The Kier molecular flexibility index (Phi) is 7.06. The fourth-order valence-electron chi connectivity index (χ4n) is 3.77. The molecule has 1 aliphatic heterocycles. The first kappa shape index (κ1) is 20.4. The average molecular weight is 386 g/mol. The summed E-state index contributed by atoms with van der Waals surface area (Å²) in [6, 6.07) is 6.15. The van der Waals surface area contributed by atoms with Crippen LogP contribution in [0.1, 0.15) is 43.4 Å². The highest BCUT2D eigenvalue weighted by atomic mass is 19.1. The number of hydrogen-bond acceptors (Lipinski definition) is 5. The molecule has 3 rings (SSSR count). The molecule has 0 saturated carbocycles. The molecule has 2 aromatic rings. The van der Waals surface area contributed by atoms with Gasteiger partial charge < -0.3 is 14.9 Å². The summed E-state index contributed by atoms with van der Waals surface area (Å²) in [6.07, 6.45) is 7.05. The van der Waals surface area contributed by atoms with Crippen molar-refractivity contribution in [2.24, 2.45) is 0 Å². The van der Waals surface area contributed by atoms with Gasteiger partial charge in [-0.3, -0.25) is 4.79 Å². The maximum atomic E-state index is 13.1. The number of carbonyl (C=O) groups is 1. The van der Waals surface area contributed by atoms with Gasteiger partial charge in [-0.1, -0.05) is 12.1 Å². The van der Waals surface area contributed by atoms with Crippen molar-refractivity contribution in [2.45, 2.75) is 44.9 Å². The van der Waals surface area contributed by atoms with Gasteiger partial charge in [-0.25, -0.2) is 14.4 Å². The Morgan fingerprint density at radius 3 is 2.64 bits per heavy atom. The van der Waals surface area contributed by atoms with Crippen LogP contribution in [-0.4, -0.2) is 56.5 Å². The highest BCUT2D eigenvalue weighted by Crippen LogP contribution is 2.22. The summed E-state index contributed by atoms with van der Waals surface area (Å²) in [5.41, 5.74) is 1.64. The lowest BCUT2D eigenvalue weighted by Gasteiger charge is -2.30. The van der Waals surface area contributed by atoms with Gasteiger partial charge in [-0.05, 0) is 43.5 Å². The van der Waals surface area contributed by atoms with Gasteiger partial charge in [-0.15, -0.1) is 0 Å². The van der Waals surface area contributed by atoms with E-state index in [0.29, 0.717) is 13.1 Å². The predicted molar refractivity (Wildman–Crippen MR) is 104 cm³/mol. The quantitative estimate of drug-likeness (QED) is 0.826. The molecule has 0 aliphatic carbocycles. The third-order valence-corrected chi connectivity index (χ3v) is 5.29. The summed E-state index contributed by atoms with van der Waals surface area (Å²) in [5.74, 6) is -0.254. The van der Waals surface area contributed by atoms with E-state index in [-0.39, 0.29) is 17.8 Å². The summed E-state index contributed by atoms with van der Waals surface area (Å²) in [6.45, 7) is 4.29. The number of hydrogen-bond donors (Lipinski definition) is 1. The van der Waals surface area contributed by atoms with Crippen molar-refractivity contribution in [3.8, 4) is 0 Å². The highest BCUT2D eigenvalue weighted by molar-refractivity contribution is 5.73. The van der Waals surface area contributed by atoms with E-state index in [1.54, 1.807) is 31.5 Å². The van der Waals surface area contributed by atoms with Crippen LogP contribution in [0.5, 0.6) is 0 Å². The maximum Gasteiger partial charge on any atom is 0.219 e. The molecule has 0 unspecified atom stereocenters. The Labute approximate surface area is 165 Å². The van der Waals surface area contributed by atoms with E-state index < -0.39 is 6.10 Å². The van der Waals surface area contributed by atoms with E-state index in [4.69, 9.17) is 0 Å². The molecule has 0 spiro atoms. The minimum atomic E-state index is -0.650. The van der Waals surface area contributed by atoms with Crippen molar-refractivity contribution < 1.29 is 14.3 Å². The fourth-order valence-corrected chi connectivity index (χ4v) is 3.77. The number of nitrogens with zero attached hydrogens (tertiary/aromatic N) is 4. The molecule has 2 atom stereocenters. The highest BCUT2D eigenvalue weighted by Gasteiger charge is 2.25. The first-order chi connectivity index (χ1) is 13.5. The molecule has 1 saturated heterocycles. The number of carbonyl (C=O) groups excluding carboxylic acids is 1. The van der Waals surface area contributed by atoms with Crippen LogP contribution in [0.15, 0.2) is 43.0 Å². The smallest absolute Gasteiger partial charge is 0.219 e. The molecular weight excluding hydrogens is 359 g/mol. The summed E-state index contributed by atoms with van der Waals surface area (Å²) in [7, 11) is 0. The fraction of sp³-hybridized carbons (Fsp3) is 0.476. The van der Waals surface area contributed by atoms with Gasteiger partial charge in [0, 0.05) is 50.6 Å². The molecule has 1 N–H and O–H groups in total. The Hall–Kier alpha value is -2.38. The Balaban J connectivity index is 1.58. The molecule has 28 heavy (non-hydrogen) atoms. The monoisotopic (exact) mass is 386 g/mol. The number of β-amino-alcohol motifs (C(OH)–C–C–N with tert-alkyl or cyclic N) is 1. The summed E-state index contributed by atoms with van der Waals surface area (Å²) < 4.78 is 13.1. The minimum absolute atomic E-state index is 0.0497. The number of amides is 1. The average Bonchev–Trinajstić information content (AvgIpc) is 2.92. The van der Waals surface area contributed by atoms with Crippen molar-refractivity contribution in [3.63, 3.8) is 0 Å². The number of rotatable bonds is 6. The number of aliphatic hydroxyl groups is 1. The van der Waals surface area contributed by atoms with E-state index in [9.17, 15) is 14.3 Å². The molecule has 1 amide bonds. The number of halogens is 1. The van der Waals surface area contributed by atoms with Gasteiger partial charge in [0.1, 0.15) is 12.1 Å². The minimum Gasteiger partial charge on any atom is -0.387 e. The van der Waals surface area contributed by atoms with E-state index in [2.05, 4.69) is 14.9 Å². The summed E-state index contributed by atoms with van der Waals surface area (Å²) in [5, 5.41) is 10.5. The van der Waals surface area contributed by atoms with Crippen molar-refractivity contribution in [1.82, 2.24) is 19.8 Å². The van der Waals surface area contributed by atoms with Crippen LogP contribution in [0.2, 0.25) is 0 Å². The van der Waals surface area contributed by atoms with Gasteiger partial charge in [0.15, 0.2) is 0 Å². The molecular formula is C21H27FN4O2. The first-order valence-electron chi connectivity index (χ1n) is 9.70. The maximum absolute atomic E-state index is 13.1. The normalized spacial score (nSPS) is 19.0. The lowest BCUT2D eigenvalue weighted by molar-refractivity contribution is -0.132.